The normalized spacial score (nSPS) is 26.3. The zero-order valence-electron chi connectivity index (χ0n) is 39.6. The Labute approximate surface area is 423 Å². The van der Waals surface area contributed by atoms with Crippen LogP contribution >= 0.6 is 0 Å². The van der Waals surface area contributed by atoms with Gasteiger partial charge in [0.25, 0.3) is 0 Å². The maximum absolute atomic E-state index is 14.3. The molecule has 2 aromatic heterocycles. The summed E-state index contributed by atoms with van der Waals surface area (Å²) >= 11 is 0. The number of ether oxygens (including phenoxy) is 2. The lowest BCUT2D eigenvalue weighted by atomic mass is 9.83. The molecule has 0 aliphatic heterocycles. The average Bonchev–Trinajstić information content (AvgIpc) is 4.33. The highest BCUT2D eigenvalue weighted by molar-refractivity contribution is 7.87. The molecule has 4 atom stereocenters. The van der Waals surface area contributed by atoms with Crippen LogP contribution in [-0.4, -0.2) is 84.1 Å². The van der Waals surface area contributed by atoms with Gasteiger partial charge in [-0.1, -0.05) is 34.6 Å². The van der Waals surface area contributed by atoms with Crippen molar-refractivity contribution in [3.8, 4) is 34.0 Å². The van der Waals surface area contributed by atoms with E-state index in [0.29, 0.717) is 35.4 Å². The van der Waals surface area contributed by atoms with Gasteiger partial charge in [-0.05, 0) is 125 Å². The molecule has 3 N–H and O–H groups in total. The molecule has 4 aromatic rings. The number of rotatable bonds is 17. The molecule has 0 saturated heterocycles. The third-order valence-electron chi connectivity index (χ3n) is 15.1. The summed E-state index contributed by atoms with van der Waals surface area (Å²) in [6.07, 6.45) is -11.2. The SMILES string of the molecule is O=S(=O)(OC1C2CCC1CC(NCc1c(-c3ccccc3OC(F)(F)F)noc1C1CC1)C2)C(F)(F)C(F)(F)C(F)(F)C(F)(F)F.OC1C2CCC1CC(NCc1c(-c3ccccc3OC(F)(F)F)noc1C1CC1)C2. The van der Waals surface area contributed by atoms with E-state index in [1.54, 1.807) is 12.1 Å². The fraction of sp³-hybridized carbons (Fsp3) is 0.625. The highest BCUT2D eigenvalue weighted by Gasteiger charge is 2.86. The first-order valence-corrected chi connectivity index (χ1v) is 25.8. The van der Waals surface area contributed by atoms with Crippen molar-refractivity contribution in [1.29, 1.82) is 0 Å². The van der Waals surface area contributed by atoms with Crippen molar-refractivity contribution in [2.45, 2.75) is 162 Å². The van der Waals surface area contributed by atoms with E-state index in [-0.39, 0.29) is 78.8 Å². The van der Waals surface area contributed by atoms with Gasteiger partial charge < -0.3 is 34.3 Å². The van der Waals surface area contributed by atoms with Crippen LogP contribution in [0.2, 0.25) is 0 Å². The highest BCUT2D eigenvalue weighted by atomic mass is 32.2. The summed E-state index contributed by atoms with van der Waals surface area (Å²) < 4.78 is 246. The maximum Gasteiger partial charge on any atom is 0.573 e. The van der Waals surface area contributed by atoms with E-state index in [1.807, 2.05) is 0 Å². The van der Waals surface area contributed by atoms with Gasteiger partial charge in [0.05, 0.1) is 12.2 Å². The Morgan fingerprint density at radius 2 is 0.934 bits per heavy atom. The number of nitrogens with zero attached hydrogens (tertiary/aromatic N) is 2. The minimum absolute atomic E-state index is 0.00942. The molecule has 0 amide bonds. The number of benzene rings is 2. The third-order valence-corrected chi connectivity index (χ3v) is 16.5. The zero-order valence-corrected chi connectivity index (χ0v) is 40.4. The summed E-state index contributed by atoms with van der Waals surface area (Å²) in [7, 11) is -7.01. The first-order valence-electron chi connectivity index (χ1n) is 24.4. The molecule has 6 fully saturated rings. The molecule has 6 aliphatic rings. The second-order valence-corrected chi connectivity index (χ2v) is 22.0. The molecule has 6 saturated carbocycles. The van der Waals surface area contributed by atoms with E-state index < -0.39 is 75.8 Å². The van der Waals surface area contributed by atoms with Gasteiger partial charge in [0, 0.05) is 59.3 Å². The topological polar surface area (TPSA) is 158 Å². The predicted octanol–water partition coefficient (Wildman–Crippen LogP) is 12.3. The first kappa shape index (κ1) is 55.9. The summed E-state index contributed by atoms with van der Waals surface area (Å²) in [4.78, 5) is 0. The third kappa shape index (κ3) is 11.4. The molecule has 0 radical (unpaired) electrons. The molecule has 28 heteroatoms. The van der Waals surface area contributed by atoms with Crippen LogP contribution in [0.15, 0.2) is 57.6 Å². The number of para-hydroxylation sites is 2. The van der Waals surface area contributed by atoms with Crippen molar-refractivity contribution in [3.63, 3.8) is 0 Å². The molecule has 76 heavy (non-hydrogen) atoms. The van der Waals surface area contributed by atoms with Crippen molar-refractivity contribution < 1.29 is 102 Å². The quantitative estimate of drug-likeness (QED) is 0.0680. The Kier molecular flexibility index (Phi) is 15.1. The van der Waals surface area contributed by atoms with Crippen LogP contribution in [0.25, 0.3) is 22.5 Å². The van der Waals surface area contributed by atoms with Crippen LogP contribution in [0.3, 0.4) is 0 Å². The van der Waals surface area contributed by atoms with Gasteiger partial charge in [-0.3, -0.25) is 4.18 Å². The Balaban J connectivity index is 0.000000202. The lowest BCUT2D eigenvalue weighted by molar-refractivity contribution is -0.383. The molecule has 420 valence electrons. The van der Waals surface area contributed by atoms with Crippen molar-refractivity contribution >= 4 is 10.1 Å². The maximum atomic E-state index is 14.3. The molecular formula is C48H49F15N4O8S. The molecule has 6 aliphatic carbocycles. The fourth-order valence-electron chi connectivity index (χ4n) is 11.2. The molecule has 12 nitrogen and oxygen atoms in total. The summed E-state index contributed by atoms with van der Waals surface area (Å²) in [5.41, 5.74) is 1.93. The summed E-state index contributed by atoms with van der Waals surface area (Å²) in [6, 6.07) is 11.0. The Hall–Kier alpha value is -4.80. The van der Waals surface area contributed by atoms with E-state index in [1.165, 1.54) is 30.3 Å². The van der Waals surface area contributed by atoms with Gasteiger partial charge in [-0.2, -0.15) is 47.9 Å². The molecule has 2 aromatic carbocycles. The largest absolute Gasteiger partial charge is 0.573 e. The van der Waals surface area contributed by atoms with Crippen molar-refractivity contribution in [3.05, 3.63) is 71.2 Å². The molecule has 2 heterocycles. The second kappa shape index (κ2) is 20.5. The standard InChI is InChI=1S/C26H24F12N2O5S.C22H25F3N2O3/c27-22(28,24(31,32)33)23(29,30)25(34,35)46(41,42)45-20-13-7-8-14(20)10-15(9-13)39-11-17-19(40-44-21(17)12-5-6-12)16-3-1-2-4-18(16)43-26(36,37)38;23-22(24,25)29-18-4-2-1-3-16(18)19-17(21(30-27-19)12-5-6-12)11-26-15-9-13-7-8-14(10-15)20(13)28/h1-4,12-15,20,39H,5-11H2;1-4,12-15,20,26,28H,5-11H2. The zero-order chi connectivity index (χ0) is 55.0. The van der Waals surface area contributed by atoms with Crippen molar-refractivity contribution in [2.75, 3.05) is 0 Å². The van der Waals surface area contributed by atoms with Crippen LogP contribution < -0.4 is 20.1 Å². The van der Waals surface area contributed by atoms with Crippen LogP contribution in [0, 0.1) is 23.7 Å². The summed E-state index contributed by atoms with van der Waals surface area (Å²) in [5, 5.41) is 18.2. The first-order chi connectivity index (χ1) is 35.5. The molecule has 4 bridgehead atoms. The molecule has 10 rings (SSSR count). The average molecular weight is 1130 g/mol. The van der Waals surface area contributed by atoms with Crippen LogP contribution in [-0.2, 0) is 27.4 Å². The van der Waals surface area contributed by atoms with Gasteiger partial charge in [-0.25, -0.2) is 0 Å². The molecular weight excluding hydrogens is 1080 g/mol. The Morgan fingerprint density at radius 3 is 1.32 bits per heavy atom. The number of aliphatic hydroxyl groups excluding tert-OH is 1. The van der Waals surface area contributed by atoms with Gasteiger partial charge in [0.1, 0.15) is 34.4 Å². The highest BCUT2D eigenvalue weighted by Crippen LogP contribution is 2.57. The van der Waals surface area contributed by atoms with Gasteiger partial charge >= 0.3 is 46.1 Å². The predicted molar refractivity (Wildman–Crippen MR) is 234 cm³/mol. The number of hydrogen-bond donors (Lipinski definition) is 3. The van der Waals surface area contributed by atoms with E-state index in [4.69, 9.17) is 9.05 Å². The second-order valence-electron chi connectivity index (χ2n) is 20.3. The minimum atomic E-state index is -7.40. The lowest BCUT2D eigenvalue weighted by Crippen LogP contribution is -2.63. The number of alkyl halides is 15. The van der Waals surface area contributed by atoms with E-state index in [2.05, 4.69) is 34.6 Å². The Bertz CT molecular complexity index is 2790. The van der Waals surface area contributed by atoms with Gasteiger partial charge in [-0.15, -0.1) is 26.3 Å². The number of hydrogen-bond acceptors (Lipinski definition) is 12. The number of nitrogens with one attached hydrogen (secondary N) is 2. The number of fused-ring (bicyclic) bond motifs is 4. The van der Waals surface area contributed by atoms with E-state index in [9.17, 15) is 79.4 Å². The van der Waals surface area contributed by atoms with Crippen molar-refractivity contribution in [2.24, 2.45) is 23.7 Å². The summed E-state index contributed by atoms with van der Waals surface area (Å²) in [5.74, 6) is -15.3. The van der Waals surface area contributed by atoms with Gasteiger partial charge in [0.2, 0.25) is 0 Å². The fourth-order valence-corrected chi connectivity index (χ4v) is 12.3. The van der Waals surface area contributed by atoms with E-state index >= 15 is 0 Å². The smallest absolute Gasteiger partial charge is 0.405 e. The molecule has 4 unspecified atom stereocenters. The summed E-state index contributed by atoms with van der Waals surface area (Å²) in [6.45, 7) is 0.445. The van der Waals surface area contributed by atoms with Crippen molar-refractivity contribution in [1.82, 2.24) is 20.9 Å². The van der Waals surface area contributed by atoms with Crippen LogP contribution in [0.1, 0.15) is 112 Å². The lowest BCUT2D eigenvalue weighted by Gasteiger charge is -2.37. The van der Waals surface area contributed by atoms with Crippen LogP contribution in [0.4, 0.5) is 65.9 Å². The number of aromatic nitrogens is 2. The molecule has 0 spiro atoms. The van der Waals surface area contributed by atoms with Gasteiger partial charge in [0.15, 0.2) is 0 Å². The number of aliphatic hydroxyl groups is 1. The Morgan fingerprint density at radius 1 is 0.553 bits per heavy atom. The minimum Gasteiger partial charge on any atom is -0.405 e. The van der Waals surface area contributed by atoms with E-state index in [0.717, 1.165) is 68.8 Å². The monoisotopic (exact) mass is 1130 g/mol. The van der Waals surface area contributed by atoms with Crippen LogP contribution in [0.5, 0.6) is 11.5 Å². The number of halogens is 15.